The van der Waals surface area contributed by atoms with Crippen LogP contribution in [0.2, 0.25) is 0 Å². The van der Waals surface area contributed by atoms with E-state index >= 15 is 0 Å². The molecular weight excluding hydrogens is 404 g/mol. The van der Waals surface area contributed by atoms with Crippen molar-refractivity contribution in [1.82, 2.24) is 9.62 Å². The molecule has 3 rings (SSSR count). The molecule has 1 aliphatic rings. The van der Waals surface area contributed by atoms with Crippen LogP contribution in [0.3, 0.4) is 0 Å². The second-order valence-electron chi connectivity index (χ2n) is 5.92. The summed E-state index contributed by atoms with van der Waals surface area (Å²) >= 11 is 3.31. The summed E-state index contributed by atoms with van der Waals surface area (Å²) in [4.78, 5) is 2.51. The molecular formula is C18H21BrN2O3S. The van der Waals surface area contributed by atoms with Gasteiger partial charge in [0.1, 0.15) is 0 Å². The van der Waals surface area contributed by atoms with Gasteiger partial charge in [0.15, 0.2) is 0 Å². The van der Waals surface area contributed by atoms with Crippen LogP contribution in [0, 0.1) is 0 Å². The summed E-state index contributed by atoms with van der Waals surface area (Å²) in [5, 5.41) is 0. The number of halogens is 1. The molecule has 2 aromatic carbocycles. The molecule has 1 fully saturated rings. The zero-order chi connectivity index (χ0) is 17.7. The van der Waals surface area contributed by atoms with Gasteiger partial charge in [-0.15, -0.1) is 0 Å². The maximum absolute atomic E-state index is 12.3. The predicted molar refractivity (Wildman–Crippen MR) is 101 cm³/mol. The molecule has 0 saturated carbocycles. The lowest BCUT2D eigenvalue weighted by atomic mass is 10.1. The van der Waals surface area contributed by atoms with Crippen molar-refractivity contribution in [1.29, 1.82) is 0 Å². The van der Waals surface area contributed by atoms with Gasteiger partial charge in [-0.25, -0.2) is 13.1 Å². The molecule has 1 unspecified atom stereocenters. The lowest BCUT2D eigenvalue weighted by Crippen LogP contribution is -2.42. The highest BCUT2D eigenvalue weighted by Crippen LogP contribution is 2.21. The molecule has 1 atom stereocenters. The minimum absolute atomic E-state index is 0.0398. The van der Waals surface area contributed by atoms with Crippen molar-refractivity contribution in [3.8, 4) is 0 Å². The fraction of sp³-hybridized carbons (Fsp3) is 0.333. The number of hydrogen-bond donors (Lipinski definition) is 1. The average Bonchev–Trinajstić information content (AvgIpc) is 2.63. The number of rotatable bonds is 6. The first-order chi connectivity index (χ1) is 12.0. The summed E-state index contributed by atoms with van der Waals surface area (Å²) in [6.45, 7) is 3.26. The Bertz CT molecular complexity index is 782. The van der Waals surface area contributed by atoms with E-state index in [0.29, 0.717) is 19.7 Å². The van der Waals surface area contributed by atoms with Gasteiger partial charge in [-0.2, -0.15) is 0 Å². The van der Waals surface area contributed by atoms with E-state index in [2.05, 4.69) is 37.7 Å². The molecule has 1 N–H and O–H groups in total. The minimum atomic E-state index is -3.47. The third-order valence-corrected chi connectivity index (χ3v) is 6.17. The van der Waals surface area contributed by atoms with Gasteiger partial charge in [-0.05, 0) is 29.8 Å². The lowest BCUT2D eigenvalue weighted by Gasteiger charge is -2.33. The van der Waals surface area contributed by atoms with E-state index in [1.54, 1.807) is 24.3 Å². The third kappa shape index (κ3) is 5.12. The van der Waals surface area contributed by atoms with Crippen molar-refractivity contribution in [2.75, 3.05) is 32.8 Å². The molecule has 5 nitrogen and oxygen atoms in total. The number of benzene rings is 2. The van der Waals surface area contributed by atoms with Gasteiger partial charge in [-0.1, -0.05) is 46.3 Å². The van der Waals surface area contributed by atoms with E-state index in [1.165, 1.54) is 0 Å². The first-order valence-electron chi connectivity index (χ1n) is 8.19. The van der Waals surface area contributed by atoms with Crippen LogP contribution in [0.15, 0.2) is 64.0 Å². The summed E-state index contributed by atoms with van der Waals surface area (Å²) in [6, 6.07) is 16.7. The summed E-state index contributed by atoms with van der Waals surface area (Å²) in [5.41, 5.74) is 1.16. The number of sulfonamides is 1. The van der Waals surface area contributed by atoms with Crippen LogP contribution in [0.5, 0.6) is 0 Å². The zero-order valence-electron chi connectivity index (χ0n) is 13.8. The second-order valence-corrected chi connectivity index (χ2v) is 8.61. The zero-order valence-corrected chi connectivity index (χ0v) is 16.2. The predicted octanol–water partition coefficient (Wildman–Crippen LogP) is 2.80. The highest BCUT2D eigenvalue weighted by atomic mass is 79.9. The SMILES string of the molecule is O=S(=O)(NCCN1CCOC(c2ccccc2)C1)c1ccc(Br)cc1. The Morgan fingerprint density at radius 1 is 1.12 bits per heavy atom. The Kier molecular flexibility index (Phi) is 6.24. The summed E-state index contributed by atoms with van der Waals surface area (Å²) < 4.78 is 34.0. The Balaban J connectivity index is 1.52. The topological polar surface area (TPSA) is 58.6 Å². The van der Waals surface area contributed by atoms with Crippen molar-refractivity contribution in [2.24, 2.45) is 0 Å². The number of morpholine rings is 1. The Morgan fingerprint density at radius 3 is 2.56 bits per heavy atom. The van der Waals surface area contributed by atoms with Gasteiger partial charge in [0.05, 0.1) is 17.6 Å². The molecule has 134 valence electrons. The van der Waals surface area contributed by atoms with Crippen LogP contribution in [0.4, 0.5) is 0 Å². The molecule has 0 amide bonds. The van der Waals surface area contributed by atoms with Gasteiger partial charge in [0.2, 0.25) is 10.0 Å². The van der Waals surface area contributed by atoms with E-state index in [-0.39, 0.29) is 11.0 Å². The minimum Gasteiger partial charge on any atom is -0.371 e. The highest BCUT2D eigenvalue weighted by molar-refractivity contribution is 9.10. The molecule has 0 spiro atoms. The smallest absolute Gasteiger partial charge is 0.240 e. The highest BCUT2D eigenvalue weighted by Gasteiger charge is 2.22. The standard InChI is InChI=1S/C18H21BrN2O3S/c19-16-6-8-17(9-7-16)25(22,23)20-10-11-21-12-13-24-18(14-21)15-4-2-1-3-5-15/h1-9,18,20H,10-14H2. The van der Waals surface area contributed by atoms with E-state index in [0.717, 1.165) is 23.1 Å². The van der Waals surface area contributed by atoms with Crippen molar-refractivity contribution in [2.45, 2.75) is 11.0 Å². The first-order valence-corrected chi connectivity index (χ1v) is 10.5. The summed E-state index contributed by atoms with van der Waals surface area (Å²) in [5.74, 6) is 0. The van der Waals surface area contributed by atoms with Crippen molar-refractivity contribution < 1.29 is 13.2 Å². The van der Waals surface area contributed by atoms with Gasteiger partial charge in [0.25, 0.3) is 0 Å². The monoisotopic (exact) mass is 424 g/mol. The molecule has 7 heteroatoms. The third-order valence-electron chi connectivity index (χ3n) is 4.17. The molecule has 0 radical (unpaired) electrons. The average molecular weight is 425 g/mol. The summed E-state index contributed by atoms with van der Waals surface area (Å²) in [6.07, 6.45) is 0.0398. The molecule has 1 aliphatic heterocycles. The van der Waals surface area contributed by atoms with Crippen LogP contribution in [-0.2, 0) is 14.8 Å². The number of nitrogens with one attached hydrogen (secondary N) is 1. The van der Waals surface area contributed by atoms with Gasteiger partial charge >= 0.3 is 0 Å². The molecule has 0 bridgehead atoms. The van der Waals surface area contributed by atoms with E-state index in [9.17, 15) is 8.42 Å². The van der Waals surface area contributed by atoms with Crippen LogP contribution in [0.1, 0.15) is 11.7 Å². The van der Waals surface area contributed by atoms with Crippen LogP contribution in [-0.4, -0.2) is 46.1 Å². The van der Waals surface area contributed by atoms with Crippen molar-refractivity contribution in [3.05, 3.63) is 64.6 Å². The van der Waals surface area contributed by atoms with Gasteiger partial charge < -0.3 is 4.74 Å². The Labute approximate surface area is 157 Å². The van der Waals surface area contributed by atoms with Gasteiger partial charge in [0, 0.05) is 30.7 Å². The van der Waals surface area contributed by atoms with E-state index in [1.807, 2.05) is 18.2 Å². The Hall–Kier alpha value is -1.25. The normalized spacial score (nSPS) is 19.0. The van der Waals surface area contributed by atoms with E-state index in [4.69, 9.17) is 4.74 Å². The molecule has 0 aliphatic carbocycles. The molecule has 2 aromatic rings. The van der Waals surface area contributed by atoms with Crippen LogP contribution < -0.4 is 4.72 Å². The maximum Gasteiger partial charge on any atom is 0.240 e. The number of hydrogen-bond acceptors (Lipinski definition) is 4. The number of nitrogens with zero attached hydrogens (tertiary/aromatic N) is 1. The Morgan fingerprint density at radius 2 is 1.84 bits per heavy atom. The fourth-order valence-electron chi connectivity index (χ4n) is 2.81. The van der Waals surface area contributed by atoms with Crippen molar-refractivity contribution >= 4 is 26.0 Å². The van der Waals surface area contributed by atoms with Crippen LogP contribution >= 0.6 is 15.9 Å². The fourth-order valence-corrected chi connectivity index (χ4v) is 4.10. The maximum atomic E-state index is 12.3. The van der Waals surface area contributed by atoms with E-state index < -0.39 is 10.0 Å². The molecule has 1 heterocycles. The molecule has 25 heavy (non-hydrogen) atoms. The quantitative estimate of drug-likeness (QED) is 0.774. The largest absolute Gasteiger partial charge is 0.371 e. The van der Waals surface area contributed by atoms with Crippen LogP contribution in [0.25, 0.3) is 0 Å². The van der Waals surface area contributed by atoms with Gasteiger partial charge in [-0.3, -0.25) is 4.90 Å². The summed E-state index contributed by atoms with van der Waals surface area (Å²) in [7, 11) is -3.47. The second kappa shape index (κ2) is 8.42. The molecule has 1 saturated heterocycles. The first kappa shape index (κ1) is 18.5. The lowest BCUT2D eigenvalue weighted by molar-refractivity contribution is -0.0291. The van der Waals surface area contributed by atoms with Crippen molar-refractivity contribution in [3.63, 3.8) is 0 Å². The number of ether oxygens (including phenoxy) is 1. The molecule has 0 aromatic heterocycles.